The molecule has 4 aromatic rings. The van der Waals surface area contributed by atoms with Crippen LogP contribution in [0.15, 0.2) is 114 Å². The zero-order valence-electron chi connectivity index (χ0n) is 19.3. The lowest BCUT2D eigenvalue weighted by Gasteiger charge is -2.33. The summed E-state index contributed by atoms with van der Waals surface area (Å²) in [6, 6.07) is 38.6. The molecule has 0 saturated carbocycles. The minimum Gasteiger partial charge on any atom is -0.376 e. The first-order valence-electron chi connectivity index (χ1n) is 11.5. The van der Waals surface area contributed by atoms with Gasteiger partial charge in [-0.25, -0.2) is 0 Å². The van der Waals surface area contributed by atoms with Crippen LogP contribution in [0.2, 0.25) is 0 Å². The van der Waals surface area contributed by atoms with Gasteiger partial charge in [0.25, 0.3) is 0 Å². The van der Waals surface area contributed by atoms with Crippen LogP contribution >= 0.6 is 15.9 Å². The van der Waals surface area contributed by atoms with E-state index in [1.807, 2.05) is 0 Å². The molecule has 0 saturated heterocycles. The fraction of sp³-hybridized carbons (Fsp3) is 0.161. The van der Waals surface area contributed by atoms with Crippen molar-refractivity contribution in [3.63, 3.8) is 0 Å². The third kappa shape index (κ3) is 5.83. The van der Waals surface area contributed by atoms with Crippen molar-refractivity contribution >= 4 is 33.3 Å². The molecule has 0 spiro atoms. The summed E-state index contributed by atoms with van der Waals surface area (Å²) in [5, 5.41) is 3.78. The summed E-state index contributed by atoms with van der Waals surface area (Å²) in [6.07, 6.45) is 4.44. The van der Waals surface area contributed by atoms with Gasteiger partial charge in [0.2, 0.25) is 0 Å². The van der Waals surface area contributed by atoms with Crippen molar-refractivity contribution in [1.29, 1.82) is 0 Å². The number of hydrogen-bond acceptors (Lipinski definition) is 1. The van der Waals surface area contributed by atoms with Crippen LogP contribution in [0.1, 0.15) is 48.9 Å². The second-order valence-corrected chi connectivity index (χ2v) is 9.54. The molecular weight excluding hydrogens is 466 g/mol. The molecule has 166 valence electrons. The van der Waals surface area contributed by atoms with Gasteiger partial charge in [-0.2, -0.15) is 0 Å². The summed E-state index contributed by atoms with van der Waals surface area (Å²) in [5.41, 5.74) is 7.17. The quantitative estimate of drug-likeness (QED) is 0.240. The third-order valence-electron chi connectivity index (χ3n) is 6.04. The Morgan fingerprint density at radius 3 is 1.82 bits per heavy atom. The average Bonchev–Trinajstić information content (AvgIpc) is 2.85. The van der Waals surface area contributed by atoms with Crippen molar-refractivity contribution in [2.24, 2.45) is 0 Å². The second kappa shape index (κ2) is 10.7. The highest BCUT2D eigenvalue weighted by Gasteiger charge is 2.25. The molecule has 0 amide bonds. The average molecular weight is 496 g/mol. The van der Waals surface area contributed by atoms with Crippen molar-refractivity contribution in [3.05, 3.63) is 136 Å². The highest BCUT2D eigenvalue weighted by atomic mass is 79.9. The van der Waals surface area contributed by atoms with Crippen molar-refractivity contribution in [2.45, 2.75) is 32.2 Å². The zero-order valence-corrected chi connectivity index (χ0v) is 20.8. The highest BCUT2D eigenvalue weighted by molar-refractivity contribution is 9.10. The van der Waals surface area contributed by atoms with Crippen LogP contribution in [-0.2, 0) is 5.54 Å². The van der Waals surface area contributed by atoms with Crippen molar-refractivity contribution in [3.8, 4) is 0 Å². The molecule has 33 heavy (non-hydrogen) atoms. The van der Waals surface area contributed by atoms with E-state index >= 15 is 0 Å². The highest BCUT2D eigenvalue weighted by Crippen LogP contribution is 2.32. The summed E-state index contributed by atoms with van der Waals surface area (Å²) in [5.74, 6) is 0. The van der Waals surface area contributed by atoms with E-state index in [4.69, 9.17) is 0 Å². The Morgan fingerprint density at radius 1 is 0.758 bits per heavy atom. The topological polar surface area (TPSA) is 12.0 Å². The standard InChI is InChI=1S/C31H30BrN/c1-3-22-31(2,33-29-20-18-28(32)19-21-29)27-16-14-24(15-17-27)23-30(25-10-6-4-7-11-25)26-12-8-5-9-13-26/h4-21,23,33H,3,22H2,1-2H3. The van der Waals surface area contributed by atoms with Gasteiger partial charge < -0.3 is 5.32 Å². The van der Waals surface area contributed by atoms with Gasteiger partial charge in [-0.05, 0) is 71.5 Å². The molecule has 0 aliphatic carbocycles. The Labute approximate surface area is 206 Å². The molecule has 0 aliphatic heterocycles. The van der Waals surface area contributed by atoms with E-state index in [1.54, 1.807) is 0 Å². The molecule has 0 bridgehead atoms. The molecule has 0 aliphatic rings. The molecule has 4 aromatic carbocycles. The molecule has 1 unspecified atom stereocenters. The molecule has 4 rings (SSSR count). The van der Waals surface area contributed by atoms with Crippen molar-refractivity contribution < 1.29 is 0 Å². The lowest BCUT2D eigenvalue weighted by molar-refractivity contribution is 0.488. The Hall–Kier alpha value is -3.10. The van der Waals surface area contributed by atoms with E-state index in [9.17, 15) is 0 Å². The first-order valence-corrected chi connectivity index (χ1v) is 12.3. The first-order chi connectivity index (χ1) is 16.1. The molecule has 2 heteroatoms. The Balaban J connectivity index is 1.66. The van der Waals surface area contributed by atoms with Gasteiger partial charge in [0.1, 0.15) is 0 Å². The number of hydrogen-bond donors (Lipinski definition) is 1. The lowest BCUT2D eigenvalue weighted by atomic mass is 9.86. The molecule has 1 nitrogen and oxygen atoms in total. The van der Waals surface area contributed by atoms with Gasteiger partial charge in [-0.15, -0.1) is 0 Å². The number of benzene rings is 4. The van der Waals surface area contributed by atoms with Crippen molar-refractivity contribution in [1.82, 2.24) is 0 Å². The van der Waals surface area contributed by atoms with E-state index < -0.39 is 0 Å². The van der Waals surface area contributed by atoms with Crippen molar-refractivity contribution in [2.75, 3.05) is 5.32 Å². The lowest BCUT2D eigenvalue weighted by Crippen LogP contribution is -2.31. The first kappa shape index (κ1) is 23.1. The fourth-order valence-electron chi connectivity index (χ4n) is 4.31. The minimum atomic E-state index is -0.132. The van der Waals surface area contributed by atoms with E-state index in [-0.39, 0.29) is 5.54 Å². The molecule has 0 aromatic heterocycles. The number of halogens is 1. The normalized spacial score (nSPS) is 12.6. The zero-order chi connectivity index (χ0) is 23.1. The van der Waals surface area contributed by atoms with Crippen LogP contribution in [0, 0.1) is 0 Å². The Bertz CT molecular complexity index is 1140. The maximum absolute atomic E-state index is 3.78. The number of anilines is 1. The number of rotatable bonds is 8. The predicted octanol–water partition coefficient (Wildman–Crippen LogP) is 9.17. The van der Waals surface area contributed by atoms with Crippen LogP contribution in [0.5, 0.6) is 0 Å². The number of nitrogens with one attached hydrogen (secondary N) is 1. The van der Waals surface area contributed by atoms with Gasteiger partial charge >= 0.3 is 0 Å². The Morgan fingerprint density at radius 2 is 1.30 bits per heavy atom. The third-order valence-corrected chi connectivity index (χ3v) is 6.57. The SMILES string of the molecule is CCCC(C)(Nc1ccc(Br)cc1)c1ccc(C=C(c2ccccc2)c2ccccc2)cc1. The van der Waals surface area contributed by atoms with Gasteiger partial charge in [0, 0.05) is 10.2 Å². The smallest absolute Gasteiger partial charge is 0.0597 e. The van der Waals surface area contributed by atoms with Crippen LogP contribution in [-0.4, -0.2) is 0 Å². The van der Waals surface area contributed by atoms with Gasteiger partial charge in [0.05, 0.1) is 5.54 Å². The van der Waals surface area contributed by atoms with Crippen LogP contribution < -0.4 is 5.32 Å². The monoisotopic (exact) mass is 495 g/mol. The summed E-state index contributed by atoms with van der Waals surface area (Å²) < 4.78 is 1.09. The molecule has 0 fully saturated rings. The second-order valence-electron chi connectivity index (χ2n) is 8.63. The van der Waals surface area contributed by atoms with E-state index in [0.717, 1.165) is 23.0 Å². The van der Waals surface area contributed by atoms with Gasteiger partial charge in [-0.1, -0.05) is 114 Å². The van der Waals surface area contributed by atoms with E-state index in [2.05, 4.69) is 150 Å². The predicted molar refractivity (Wildman–Crippen MR) is 146 cm³/mol. The molecule has 0 heterocycles. The minimum absolute atomic E-state index is 0.132. The molecule has 1 atom stereocenters. The molecular formula is C31H30BrN. The summed E-state index contributed by atoms with van der Waals surface area (Å²) in [6.45, 7) is 4.54. The van der Waals surface area contributed by atoms with Crippen LogP contribution in [0.3, 0.4) is 0 Å². The summed E-state index contributed by atoms with van der Waals surface area (Å²) in [4.78, 5) is 0. The molecule has 1 N–H and O–H groups in total. The summed E-state index contributed by atoms with van der Waals surface area (Å²) >= 11 is 3.53. The van der Waals surface area contributed by atoms with Crippen LogP contribution in [0.4, 0.5) is 5.69 Å². The van der Waals surface area contributed by atoms with Crippen LogP contribution in [0.25, 0.3) is 11.6 Å². The van der Waals surface area contributed by atoms with E-state index in [1.165, 1.54) is 27.8 Å². The van der Waals surface area contributed by atoms with Gasteiger partial charge in [-0.3, -0.25) is 0 Å². The largest absolute Gasteiger partial charge is 0.376 e. The molecule has 0 radical (unpaired) electrons. The Kier molecular flexibility index (Phi) is 7.47. The fourth-order valence-corrected chi connectivity index (χ4v) is 4.58. The van der Waals surface area contributed by atoms with Gasteiger partial charge in [0.15, 0.2) is 0 Å². The maximum Gasteiger partial charge on any atom is 0.0597 e. The maximum atomic E-state index is 3.78. The summed E-state index contributed by atoms with van der Waals surface area (Å²) in [7, 11) is 0. The van der Waals surface area contributed by atoms with E-state index in [0.29, 0.717) is 0 Å².